The van der Waals surface area contributed by atoms with E-state index in [1.165, 1.54) is 11.1 Å². The summed E-state index contributed by atoms with van der Waals surface area (Å²) in [7, 11) is 0. The van der Waals surface area contributed by atoms with Gasteiger partial charge in [0.05, 0.1) is 12.6 Å². The molecule has 1 unspecified atom stereocenters. The number of hydrogen-bond acceptors (Lipinski definition) is 3. The molecule has 21 heavy (non-hydrogen) atoms. The van der Waals surface area contributed by atoms with Crippen molar-refractivity contribution in [2.45, 2.75) is 32.2 Å². The average Bonchev–Trinajstić information content (AvgIpc) is 2.88. The molecule has 2 aromatic rings. The maximum absolute atomic E-state index is 9.54. The molecular weight excluding hydrogens is 262 g/mol. The monoisotopic (exact) mass is 283 g/mol. The minimum absolute atomic E-state index is 0.322. The number of hydrogen-bond donors (Lipinski definition) is 2. The molecule has 1 atom stereocenters. The van der Waals surface area contributed by atoms with E-state index >= 15 is 0 Å². The first-order valence-electron chi connectivity index (χ1n) is 7.57. The van der Waals surface area contributed by atoms with Crippen molar-refractivity contribution in [2.75, 3.05) is 11.9 Å². The Bertz CT molecular complexity index is 607. The number of nitrogens with one attached hydrogen (secondary N) is 1. The van der Waals surface area contributed by atoms with Gasteiger partial charge in [-0.1, -0.05) is 13.0 Å². The van der Waals surface area contributed by atoms with Gasteiger partial charge >= 0.3 is 0 Å². The van der Waals surface area contributed by atoms with Crippen molar-refractivity contribution >= 4 is 5.69 Å². The quantitative estimate of drug-likeness (QED) is 0.860. The molecule has 0 radical (unpaired) electrons. The molecule has 0 fully saturated rings. The third-order valence-corrected chi connectivity index (χ3v) is 3.87. The van der Waals surface area contributed by atoms with Crippen molar-refractivity contribution < 1.29 is 9.84 Å². The number of aryl methyl sites for hydroxylation is 1. The van der Waals surface area contributed by atoms with Gasteiger partial charge in [-0.3, -0.25) is 0 Å². The van der Waals surface area contributed by atoms with Gasteiger partial charge in [-0.05, 0) is 66.8 Å². The van der Waals surface area contributed by atoms with Crippen LogP contribution in [0.5, 0.6) is 11.5 Å². The Morgan fingerprint density at radius 2 is 2.00 bits per heavy atom. The molecule has 1 aliphatic rings. The molecule has 0 aliphatic heterocycles. The molecule has 110 valence electrons. The Morgan fingerprint density at radius 3 is 2.76 bits per heavy atom. The number of ether oxygens (including phenoxy) is 1. The molecule has 3 nitrogen and oxygen atoms in total. The summed E-state index contributed by atoms with van der Waals surface area (Å²) in [6.07, 6.45) is 3.09. The molecular formula is C18H21NO2. The Labute approximate surface area is 125 Å². The molecule has 3 heteroatoms. The summed E-state index contributed by atoms with van der Waals surface area (Å²) < 4.78 is 5.59. The van der Waals surface area contributed by atoms with Crippen LogP contribution in [0, 0.1) is 0 Å². The van der Waals surface area contributed by atoms with Gasteiger partial charge in [0, 0.05) is 5.69 Å². The Kier molecular flexibility index (Phi) is 4.00. The van der Waals surface area contributed by atoms with E-state index in [9.17, 15) is 5.11 Å². The van der Waals surface area contributed by atoms with Gasteiger partial charge in [0.1, 0.15) is 11.5 Å². The SMILES string of the molecule is CCCOc1ccc(NC2CCc3cc(O)ccc32)cc1. The zero-order valence-corrected chi connectivity index (χ0v) is 12.3. The second-order valence-corrected chi connectivity index (χ2v) is 5.49. The highest BCUT2D eigenvalue weighted by molar-refractivity contribution is 5.51. The number of phenols is 1. The highest BCUT2D eigenvalue weighted by Crippen LogP contribution is 2.35. The fourth-order valence-electron chi connectivity index (χ4n) is 2.82. The first-order valence-corrected chi connectivity index (χ1v) is 7.57. The summed E-state index contributed by atoms with van der Waals surface area (Å²) in [5.74, 6) is 1.27. The highest BCUT2D eigenvalue weighted by atomic mass is 16.5. The molecule has 0 aromatic heterocycles. The van der Waals surface area contributed by atoms with E-state index < -0.39 is 0 Å². The van der Waals surface area contributed by atoms with Crippen LogP contribution in [-0.2, 0) is 6.42 Å². The summed E-state index contributed by atoms with van der Waals surface area (Å²) in [4.78, 5) is 0. The first-order chi connectivity index (χ1) is 10.3. The summed E-state index contributed by atoms with van der Waals surface area (Å²) >= 11 is 0. The predicted molar refractivity (Wildman–Crippen MR) is 85.0 cm³/mol. The standard InChI is InChI=1S/C18H21NO2/c1-2-11-21-16-7-4-14(5-8-16)19-18-10-3-13-12-15(20)6-9-17(13)18/h4-9,12,18-20H,2-3,10-11H2,1H3. The van der Waals surface area contributed by atoms with Gasteiger partial charge in [0.25, 0.3) is 0 Å². The van der Waals surface area contributed by atoms with Crippen molar-refractivity contribution in [3.63, 3.8) is 0 Å². The Balaban J connectivity index is 1.68. The second-order valence-electron chi connectivity index (χ2n) is 5.49. The van der Waals surface area contributed by atoms with Crippen molar-refractivity contribution in [1.82, 2.24) is 0 Å². The molecule has 2 aromatic carbocycles. The minimum atomic E-state index is 0.322. The van der Waals surface area contributed by atoms with Gasteiger partial charge in [-0.15, -0.1) is 0 Å². The van der Waals surface area contributed by atoms with Gasteiger partial charge in [0.15, 0.2) is 0 Å². The van der Waals surface area contributed by atoms with Crippen LogP contribution in [-0.4, -0.2) is 11.7 Å². The van der Waals surface area contributed by atoms with Crippen LogP contribution < -0.4 is 10.1 Å². The molecule has 2 N–H and O–H groups in total. The third-order valence-electron chi connectivity index (χ3n) is 3.87. The van der Waals surface area contributed by atoms with Crippen LogP contribution in [0.2, 0.25) is 0 Å². The summed E-state index contributed by atoms with van der Waals surface area (Å²) in [5, 5.41) is 13.1. The van der Waals surface area contributed by atoms with E-state index in [2.05, 4.69) is 24.4 Å². The average molecular weight is 283 g/mol. The van der Waals surface area contributed by atoms with Crippen molar-refractivity contribution in [3.8, 4) is 11.5 Å². The second kappa shape index (κ2) is 6.08. The highest BCUT2D eigenvalue weighted by Gasteiger charge is 2.22. The fourth-order valence-corrected chi connectivity index (χ4v) is 2.82. The molecule has 0 amide bonds. The largest absolute Gasteiger partial charge is 0.508 e. The zero-order valence-electron chi connectivity index (χ0n) is 12.3. The maximum atomic E-state index is 9.54. The van der Waals surface area contributed by atoms with Crippen molar-refractivity contribution in [1.29, 1.82) is 0 Å². The molecule has 0 saturated carbocycles. The van der Waals surface area contributed by atoms with Crippen LogP contribution in [0.25, 0.3) is 0 Å². The van der Waals surface area contributed by atoms with Gasteiger partial charge < -0.3 is 15.2 Å². The predicted octanol–water partition coefficient (Wildman–Crippen LogP) is 4.28. The fraction of sp³-hybridized carbons (Fsp3) is 0.333. The zero-order chi connectivity index (χ0) is 14.7. The van der Waals surface area contributed by atoms with E-state index in [0.29, 0.717) is 11.8 Å². The smallest absolute Gasteiger partial charge is 0.119 e. The van der Waals surface area contributed by atoms with E-state index in [4.69, 9.17) is 4.74 Å². The van der Waals surface area contributed by atoms with Crippen LogP contribution in [0.1, 0.15) is 36.9 Å². The van der Waals surface area contributed by atoms with E-state index in [1.54, 1.807) is 6.07 Å². The topological polar surface area (TPSA) is 41.5 Å². The summed E-state index contributed by atoms with van der Waals surface area (Å²) in [6, 6.07) is 14.1. The first kappa shape index (κ1) is 13.8. The van der Waals surface area contributed by atoms with Crippen LogP contribution in [0.4, 0.5) is 5.69 Å². The molecule has 0 heterocycles. The van der Waals surface area contributed by atoms with Crippen molar-refractivity contribution in [3.05, 3.63) is 53.6 Å². The molecule has 0 spiro atoms. The minimum Gasteiger partial charge on any atom is -0.508 e. The summed E-state index contributed by atoms with van der Waals surface area (Å²) in [5.41, 5.74) is 3.64. The Hall–Kier alpha value is -2.16. The lowest BCUT2D eigenvalue weighted by Gasteiger charge is -2.16. The van der Waals surface area contributed by atoms with Gasteiger partial charge in [-0.2, -0.15) is 0 Å². The molecule has 0 saturated heterocycles. The Morgan fingerprint density at radius 1 is 1.19 bits per heavy atom. The number of anilines is 1. The normalized spacial score (nSPS) is 16.5. The lowest BCUT2D eigenvalue weighted by molar-refractivity contribution is 0.317. The number of fused-ring (bicyclic) bond motifs is 1. The third kappa shape index (κ3) is 3.13. The number of phenolic OH excluding ortho intramolecular Hbond substituents is 1. The summed E-state index contributed by atoms with van der Waals surface area (Å²) in [6.45, 7) is 2.86. The molecule has 0 bridgehead atoms. The number of benzene rings is 2. The van der Waals surface area contributed by atoms with Crippen LogP contribution >= 0.6 is 0 Å². The van der Waals surface area contributed by atoms with E-state index in [-0.39, 0.29) is 0 Å². The number of aromatic hydroxyl groups is 1. The van der Waals surface area contributed by atoms with Crippen LogP contribution in [0.3, 0.4) is 0 Å². The van der Waals surface area contributed by atoms with Crippen LogP contribution in [0.15, 0.2) is 42.5 Å². The lowest BCUT2D eigenvalue weighted by Crippen LogP contribution is -2.06. The van der Waals surface area contributed by atoms with E-state index in [0.717, 1.165) is 37.3 Å². The molecule has 3 rings (SSSR count). The van der Waals surface area contributed by atoms with Gasteiger partial charge in [0.2, 0.25) is 0 Å². The molecule has 1 aliphatic carbocycles. The lowest BCUT2D eigenvalue weighted by atomic mass is 10.1. The number of rotatable bonds is 5. The van der Waals surface area contributed by atoms with E-state index in [1.807, 2.05) is 24.3 Å². The maximum Gasteiger partial charge on any atom is 0.119 e. The van der Waals surface area contributed by atoms with Crippen molar-refractivity contribution in [2.24, 2.45) is 0 Å². The van der Waals surface area contributed by atoms with Gasteiger partial charge in [-0.25, -0.2) is 0 Å².